The number of halogens is 11. The topological polar surface area (TPSA) is 50.2 Å². The van der Waals surface area contributed by atoms with Crippen molar-refractivity contribution in [1.29, 1.82) is 0 Å². The van der Waals surface area contributed by atoms with Crippen molar-refractivity contribution in [2.45, 2.75) is 18.0 Å². The lowest BCUT2D eigenvalue weighted by Gasteiger charge is -2.27. The van der Waals surface area contributed by atoms with Gasteiger partial charge in [-0.3, -0.25) is 4.79 Å². The maximum atomic E-state index is 13.3. The second-order valence-electron chi connectivity index (χ2n) is 4.24. The van der Waals surface area contributed by atoms with Crippen molar-refractivity contribution in [2.75, 3.05) is 0 Å². The van der Waals surface area contributed by atoms with Gasteiger partial charge in [-0.1, -0.05) is 0 Å². The Morgan fingerprint density at radius 3 is 1.52 bits per heavy atom. The smallest absolute Gasteiger partial charge is 0.439 e. The third-order valence-corrected chi connectivity index (χ3v) is 2.64. The summed E-state index contributed by atoms with van der Waals surface area (Å²) in [5, 5.41) is 9.09. The molecule has 0 spiro atoms. The van der Waals surface area contributed by atoms with Crippen LogP contribution in [-0.4, -0.2) is 33.9 Å². The number of aliphatic hydroxyl groups excluding tert-OH is 1. The molecule has 0 radical (unpaired) electrons. The number of hydrogen-bond acceptors (Lipinski definition) is 3. The molecule has 0 saturated carbocycles. The standard InChI is InChI=1S/C11H2F11NO2/c12-5-4(6(13)8(15)23-7(5)14)2(24)1-3(25)9(16,10(17,18)19)11(20,21)22/h1,24H/b2-1-. The molecule has 0 atom stereocenters. The predicted molar refractivity (Wildman–Crippen MR) is 55.6 cm³/mol. The Bertz CT molecular complexity index is 695. The molecule has 0 saturated heterocycles. The van der Waals surface area contributed by atoms with E-state index in [4.69, 9.17) is 5.11 Å². The summed E-state index contributed by atoms with van der Waals surface area (Å²) in [4.78, 5) is 13.0. The van der Waals surface area contributed by atoms with Crippen molar-refractivity contribution in [3.8, 4) is 0 Å². The maximum absolute atomic E-state index is 13.3. The Kier molecular flexibility index (Phi) is 5.07. The van der Waals surface area contributed by atoms with Crippen LogP contribution in [0.25, 0.3) is 5.76 Å². The molecule has 0 bridgehead atoms. The molecule has 25 heavy (non-hydrogen) atoms. The Morgan fingerprint density at radius 1 is 0.840 bits per heavy atom. The number of carbonyl (C=O) groups is 1. The van der Waals surface area contributed by atoms with Crippen LogP contribution in [0.4, 0.5) is 48.3 Å². The van der Waals surface area contributed by atoms with Crippen LogP contribution in [0, 0.1) is 23.5 Å². The summed E-state index contributed by atoms with van der Waals surface area (Å²) in [5.74, 6) is -16.0. The largest absolute Gasteiger partial charge is 0.507 e. The van der Waals surface area contributed by atoms with Gasteiger partial charge >= 0.3 is 18.0 Å². The van der Waals surface area contributed by atoms with Gasteiger partial charge in [-0.2, -0.15) is 40.1 Å². The van der Waals surface area contributed by atoms with Crippen molar-refractivity contribution >= 4 is 11.5 Å². The number of nitrogens with zero attached hydrogens (tertiary/aromatic N) is 1. The van der Waals surface area contributed by atoms with E-state index >= 15 is 0 Å². The number of hydrogen-bond donors (Lipinski definition) is 1. The van der Waals surface area contributed by atoms with Gasteiger partial charge in [0.1, 0.15) is 5.76 Å². The third kappa shape index (κ3) is 3.37. The van der Waals surface area contributed by atoms with Gasteiger partial charge < -0.3 is 5.11 Å². The van der Waals surface area contributed by atoms with Gasteiger partial charge in [0.05, 0.1) is 5.56 Å². The van der Waals surface area contributed by atoms with Gasteiger partial charge in [0.2, 0.25) is 5.78 Å². The highest BCUT2D eigenvalue weighted by atomic mass is 19.4. The highest BCUT2D eigenvalue weighted by Crippen LogP contribution is 2.47. The van der Waals surface area contributed by atoms with Crippen molar-refractivity contribution in [3.63, 3.8) is 0 Å². The van der Waals surface area contributed by atoms with Gasteiger partial charge in [0, 0.05) is 6.08 Å². The fourth-order valence-corrected chi connectivity index (χ4v) is 1.45. The van der Waals surface area contributed by atoms with Crippen molar-refractivity contribution in [3.05, 3.63) is 35.2 Å². The Labute approximate surface area is 129 Å². The lowest BCUT2D eigenvalue weighted by molar-refractivity contribution is -0.323. The minimum Gasteiger partial charge on any atom is -0.507 e. The van der Waals surface area contributed by atoms with Crippen molar-refractivity contribution in [2.24, 2.45) is 0 Å². The molecule has 14 heteroatoms. The molecular formula is C11H2F11NO2. The summed E-state index contributed by atoms with van der Waals surface area (Å²) in [6, 6.07) is 0. The second kappa shape index (κ2) is 6.15. The van der Waals surface area contributed by atoms with Crippen LogP contribution in [0.2, 0.25) is 0 Å². The van der Waals surface area contributed by atoms with E-state index in [1.54, 1.807) is 0 Å². The lowest BCUT2D eigenvalue weighted by atomic mass is 9.97. The second-order valence-corrected chi connectivity index (χ2v) is 4.24. The molecule has 0 aliphatic rings. The Morgan fingerprint density at radius 2 is 1.20 bits per heavy atom. The van der Waals surface area contributed by atoms with Crippen molar-refractivity contribution < 1.29 is 58.2 Å². The highest BCUT2D eigenvalue weighted by molar-refractivity contribution is 6.02. The van der Waals surface area contributed by atoms with Crippen LogP contribution in [0.5, 0.6) is 0 Å². The third-order valence-electron chi connectivity index (χ3n) is 2.64. The van der Waals surface area contributed by atoms with E-state index < -0.39 is 64.7 Å². The fourth-order valence-electron chi connectivity index (χ4n) is 1.45. The zero-order chi connectivity index (χ0) is 20.0. The zero-order valence-corrected chi connectivity index (χ0v) is 11.0. The molecule has 0 unspecified atom stereocenters. The fraction of sp³-hybridized carbons (Fsp3) is 0.273. The van der Waals surface area contributed by atoms with E-state index in [0.29, 0.717) is 0 Å². The highest BCUT2D eigenvalue weighted by Gasteiger charge is 2.76. The predicted octanol–water partition coefficient (Wildman–Crippen LogP) is 3.94. The molecule has 0 aromatic carbocycles. The van der Waals surface area contributed by atoms with Crippen LogP contribution in [0.3, 0.4) is 0 Å². The van der Waals surface area contributed by atoms with Crippen LogP contribution >= 0.6 is 0 Å². The molecule has 0 fully saturated rings. The SMILES string of the molecule is O=C(/C=C(\O)c1c(F)c(F)nc(F)c1F)C(F)(C(F)(F)F)C(F)(F)F. The first-order valence-electron chi connectivity index (χ1n) is 5.53. The average molecular weight is 389 g/mol. The number of aromatic nitrogens is 1. The van der Waals surface area contributed by atoms with Gasteiger partial charge in [0.15, 0.2) is 11.6 Å². The molecule has 0 aliphatic heterocycles. The van der Waals surface area contributed by atoms with Crippen LogP contribution in [-0.2, 0) is 4.79 Å². The molecule has 3 nitrogen and oxygen atoms in total. The van der Waals surface area contributed by atoms with E-state index in [9.17, 15) is 53.1 Å². The van der Waals surface area contributed by atoms with E-state index in [2.05, 4.69) is 0 Å². The summed E-state index contributed by atoms with van der Waals surface area (Å²) in [5.41, 5.74) is -8.81. The van der Waals surface area contributed by atoms with Crippen LogP contribution in [0.15, 0.2) is 6.08 Å². The number of alkyl halides is 7. The molecule has 0 amide bonds. The normalized spacial score (nSPS) is 14.0. The van der Waals surface area contributed by atoms with Gasteiger partial charge in [0.25, 0.3) is 11.9 Å². The van der Waals surface area contributed by atoms with E-state index in [-0.39, 0.29) is 0 Å². The quantitative estimate of drug-likeness (QED) is 0.369. The zero-order valence-electron chi connectivity index (χ0n) is 11.0. The summed E-state index contributed by atoms with van der Waals surface area (Å²) in [6.07, 6.45) is -14.9. The van der Waals surface area contributed by atoms with Gasteiger partial charge in [-0.05, 0) is 0 Å². The molecule has 1 N–H and O–H groups in total. The van der Waals surface area contributed by atoms with Crippen LogP contribution in [0.1, 0.15) is 5.56 Å². The van der Waals surface area contributed by atoms with E-state index in [1.165, 1.54) is 0 Å². The molecule has 0 aliphatic carbocycles. The first-order valence-corrected chi connectivity index (χ1v) is 5.53. The number of ketones is 1. The maximum Gasteiger partial charge on any atom is 0.439 e. The summed E-state index contributed by atoms with van der Waals surface area (Å²) in [6.45, 7) is 0. The van der Waals surface area contributed by atoms with Gasteiger partial charge in [-0.15, -0.1) is 0 Å². The summed E-state index contributed by atoms with van der Waals surface area (Å²) < 4.78 is 139. The Balaban J connectivity index is 3.57. The molecular weight excluding hydrogens is 387 g/mol. The van der Waals surface area contributed by atoms with Crippen molar-refractivity contribution in [1.82, 2.24) is 4.98 Å². The first kappa shape index (κ1) is 20.6. The number of rotatable bonds is 3. The molecule has 1 heterocycles. The monoisotopic (exact) mass is 389 g/mol. The minimum absolute atomic E-state index is 1.21. The van der Waals surface area contributed by atoms with Gasteiger partial charge in [-0.25, -0.2) is 13.2 Å². The summed E-state index contributed by atoms with van der Waals surface area (Å²) >= 11 is 0. The van der Waals surface area contributed by atoms with E-state index in [1.807, 2.05) is 4.98 Å². The average Bonchev–Trinajstić information content (AvgIpc) is 2.41. The number of aliphatic hydroxyl groups is 1. The van der Waals surface area contributed by atoms with E-state index in [0.717, 1.165) is 0 Å². The molecule has 1 aromatic rings. The number of pyridine rings is 1. The number of carbonyl (C=O) groups excluding carboxylic acids is 1. The first-order chi connectivity index (χ1) is 11.1. The molecule has 140 valence electrons. The minimum atomic E-state index is -6.87. The lowest BCUT2D eigenvalue weighted by Crippen LogP contribution is -2.58. The van der Waals surface area contributed by atoms with Crippen LogP contribution < -0.4 is 0 Å². The summed E-state index contributed by atoms with van der Waals surface area (Å²) in [7, 11) is 0. The number of allylic oxidation sites excluding steroid dienone is 1. The molecule has 1 rings (SSSR count). The molecule has 1 aromatic heterocycles. The Hall–Kier alpha value is -2.41.